The highest BCUT2D eigenvalue weighted by Crippen LogP contribution is 2.61. The normalized spacial score (nSPS) is 19.8. The van der Waals surface area contributed by atoms with E-state index in [1.807, 2.05) is 7.05 Å². The van der Waals surface area contributed by atoms with Crippen LogP contribution in [0, 0.1) is 18.3 Å². The van der Waals surface area contributed by atoms with E-state index in [0.29, 0.717) is 5.41 Å². The van der Waals surface area contributed by atoms with E-state index >= 15 is 0 Å². The van der Waals surface area contributed by atoms with E-state index in [1.54, 1.807) is 0 Å². The fourth-order valence-corrected chi connectivity index (χ4v) is 3.16. The first-order valence-electron chi connectivity index (χ1n) is 7.97. The van der Waals surface area contributed by atoms with Gasteiger partial charge in [-0.25, -0.2) is 9.97 Å². The number of rotatable bonds is 7. The molecule has 2 aliphatic carbocycles. The van der Waals surface area contributed by atoms with Crippen molar-refractivity contribution in [2.45, 2.75) is 52.4 Å². The van der Waals surface area contributed by atoms with Crippen molar-refractivity contribution in [1.29, 1.82) is 0 Å². The van der Waals surface area contributed by atoms with Gasteiger partial charge in [0.05, 0.1) is 0 Å². The predicted molar refractivity (Wildman–Crippen MR) is 83.2 cm³/mol. The lowest BCUT2D eigenvalue weighted by Gasteiger charge is -2.18. The van der Waals surface area contributed by atoms with Gasteiger partial charge in [-0.3, -0.25) is 0 Å². The molecule has 2 aliphatic rings. The Morgan fingerprint density at radius 3 is 2.45 bits per heavy atom. The second-order valence-corrected chi connectivity index (χ2v) is 6.45. The molecule has 110 valence electrons. The van der Waals surface area contributed by atoms with E-state index < -0.39 is 0 Å². The highest BCUT2D eigenvalue weighted by atomic mass is 15.1. The zero-order valence-electron chi connectivity index (χ0n) is 12.9. The van der Waals surface area contributed by atoms with Gasteiger partial charge in [0.1, 0.15) is 17.5 Å². The molecule has 1 aromatic heterocycles. The van der Waals surface area contributed by atoms with Gasteiger partial charge < -0.3 is 10.6 Å². The van der Waals surface area contributed by atoms with Gasteiger partial charge in [0.15, 0.2) is 0 Å². The van der Waals surface area contributed by atoms with Crippen LogP contribution < -0.4 is 10.6 Å². The Labute approximate surface area is 121 Å². The molecule has 0 spiro atoms. The van der Waals surface area contributed by atoms with Crippen LogP contribution in [0.15, 0.2) is 0 Å². The fraction of sp³-hybridized carbons (Fsp3) is 0.750. The molecule has 0 radical (unpaired) electrons. The van der Waals surface area contributed by atoms with Crippen LogP contribution in [0.2, 0.25) is 0 Å². The average Bonchev–Trinajstić information content (AvgIpc) is 3.31. The second kappa shape index (κ2) is 5.23. The zero-order chi connectivity index (χ0) is 14.2. The van der Waals surface area contributed by atoms with Gasteiger partial charge in [-0.1, -0.05) is 6.92 Å². The fourth-order valence-electron chi connectivity index (χ4n) is 3.16. The Hall–Kier alpha value is -1.32. The lowest BCUT2D eigenvalue weighted by atomic mass is 10.0. The van der Waals surface area contributed by atoms with Crippen LogP contribution in [0.25, 0.3) is 0 Å². The SMILES string of the molecule is CCCc1nc(NC)c(C)c(NCC2(C3CC3)CC2)n1. The van der Waals surface area contributed by atoms with Crippen LogP contribution >= 0.6 is 0 Å². The highest BCUT2D eigenvalue weighted by Gasteiger charge is 2.53. The smallest absolute Gasteiger partial charge is 0.134 e. The molecule has 2 fully saturated rings. The quantitative estimate of drug-likeness (QED) is 0.800. The maximum atomic E-state index is 4.72. The minimum Gasteiger partial charge on any atom is -0.373 e. The summed E-state index contributed by atoms with van der Waals surface area (Å²) in [7, 11) is 1.93. The molecule has 0 saturated heterocycles. The number of nitrogens with zero attached hydrogens (tertiary/aromatic N) is 2. The molecule has 1 heterocycles. The van der Waals surface area contributed by atoms with Crippen LogP contribution in [0.3, 0.4) is 0 Å². The van der Waals surface area contributed by atoms with Gasteiger partial charge in [-0.05, 0) is 50.4 Å². The van der Waals surface area contributed by atoms with E-state index in [0.717, 1.165) is 48.3 Å². The molecule has 2 saturated carbocycles. The molecule has 2 N–H and O–H groups in total. The first-order chi connectivity index (χ1) is 9.68. The Morgan fingerprint density at radius 2 is 1.90 bits per heavy atom. The maximum absolute atomic E-state index is 4.72. The van der Waals surface area contributed by atoms with Crippen molar-refractivity contribution in [3.05, 3.63) is 11.4 Å². The third-order valence-electron chi connectivity index (χ3n) is 4.85. The van der Waals surface area contributed by atoms with Gasteiger partial charge in [-0.15, -0.1) is 0 Å². The maximum Gasteiger partial charge on any atom is 0.134 e. The van der Waals surface area contributed by atoms with Crippen molar-refractivity contribution in [1.82, 2.24) is 9.97 Å². The number of aryl methyl sites for hydroxylation is 1. The molecular weight excluding hydrogens is 248 g/mol. The summed E-state index contributed by atoms with van der Waals surface area (Å²) in [5, 5.41) is 6.81. The molecule has 0 aromatic carbocycles. The molecule has 0 bridgehead atoms. The summed E-state index contributed by atoms with van der Waals surface area (Å²) >= 11 is 0. The van der Waals surface area contributed by atoms with Crippen LogP contribution in [0.1, 0.15) is 50.4 Å². The molecule has 0 unspecified atom stereocenters. The molecule has 0 amide bonds. The highest BCUT2D eigenvalue weighted by molar-refractivity contribution is 5.57. The number of nitrogens with one attached hydrogen (secondary N) is 2. The average molecular weight is 274 g/mol. The van der Waals surface area contributed by atoms with Gasteiger partial charge in [0.25, 0.3) is 0 Å². The zero-order valence-corrected chi connectivity index (χ0v) is 12.9. The molecule has 20 heavy (non-hydrogen) atoms. The van der Waals surface area contributed by atoms with E-state index in [-0.39, 0.29) is 0 Å². The first kappa shape index (κ1) is 13.7. The lowest BCUT2D eigenvalue weighted by Crippen LogP contribution is -2.19. The number of anilines is 2. The van der Waals surface area contributed by atoms with Crippen LogP contribution in [-0.4, -0.2) is 23.6 Å². The van der Waals surface area contributed by atoms with Crippen LogP contribution in [0.4, 0.5) is 11.6 Å². The molecule has 4 heteroatoms. The minimum absolute atomic E-state index is 0.599. The van der Waals surface area contributed by atoms with Crippen molar-refractivity contribution in [2.24, 2.45) is 11.3 Å². The summed E-state index contributed by atoms with van der Waals surface area (Å²) in [6.45, 7) is 5.35. The number of hydrogen-bond acceptors (Lipinski definition) is 4. The van der Waals surface area contributed by atoms with Crippen molar-refractivity contribution < 1.29 is 0 Å². The van der Waals surface area contributed by atoms with Crippen molar-refractivity contribution >= 4 is 11.6 Å². The molecule has 0 atom stereocenters. The molecule has 0 aliphatic heterocycles. The standard InChI is InChI=1S/C16H26N4/c1-4-5-13-19-14(17-3)11(2)15(20-13)18-10-16(8-9-16)12-6-7-12/h12H,4-10H2,1-3H3,(H2,17,18,19,20). The summed E-state index contributed by atoms with van der Waals surface area (Å²) in [6, 6.07) is 0. The Morgan fingerprint density at radius 1 is 1.20 bits per heavy atom. The lowest BCUT2D eigenvalue weighted by molar-refractivity contribution is 0.466. The van der Waals surface area contributed by atoms with Gasteiger partial charge >= 0.3 is 0 Å². The molecule has 3 rings (SSSR count). The first-order valence-corrected chi connectivity index (χ1v) is 7.97. The predicted octanol–water partition coefficient (Wildman–Crippen LogP) is 3.38. The molecular formula is C16H26N4. The van der Waals surface area contributed by atoms with Gasteiger partial charge in [0, 0.05) is 25.6 Å². The second-order valence-electron chi connectivity index (χ2n) is 6.45. The van der Waals surface area contributed by atoms with Gasteiger partial charge in [-0.2, -0.15) is 0 Å². The summed E-state index contributed by atoms with van der Waals surface area (Å²) in [5.74, 6) is 3.92. The van der Waals surface area contributed by atoms with E-state index in [4.69, 9.17) is 4.98 Å². The number of aromatic nitrogens is 2. The van der Waals surface area contributed by atoms with Gasteiger partial charge in [0.2, 0.25) is 0 Å². The molecule has 4 nitrogen and oxygen atoms in total. The van der Waals surface area contributed by atoms with Crippen LogP contribution in [-0.2, 0) is 6.42 Å². The summed E-state index contributed by atoms with van der Waals surface area (Å²) in [5.41, 5.74) is 1.74. The topological polar surface area (TPSA) is 49.8 Å². The Balaban J connectivity index is 1.75. The van der Waals surface area contributed by atoms with Crippen molar-refractivity contribution in [3.8, 4) is 0 Å². The Bertz CT molecular complexity index is 489. The van der Waals surface area contributed by atoms with E-state index in [9.17, 15) is 0 Å². The Kier molecular flexibility index (Phi) is 3.57. The summed E-state index contributed by atoms with van der Waals surface area (Å²) in [4.78, 5) is 9.31. The largest absolute Gasteiger partial charge is 0.373 e. The van der Waals surface area contributed by atoms with E-state index in [1.165, 1.54) is 25.7 Å². The van der Waals surface area contributed by atoms with E-state index in [2.05, 4.69) is 29.5 Å². The van der Waals surface area contributed by atoms with Crippen molar-refractivity contribution in [3.63, 3.8) is 0 Å². The monoisotopic (exact) mass is 274 g/mol. The summed E-state index contributed by atoms with van der Waals surface area (Å²) in [6.07, 6.45) is 7.70. The number of hydrogen-bond donors (Lipinski definition) is 2. The summed E-state index contributed by atoms with van der Waals surface area (Å²) < 4.78 is 0. The van der Waals surface area contributed by atoms with Crippen LogP contribution in [0.5, 0.6) is 0 Å². The third kappa shape index (κ3) is 2.60. The third-order valence-corrected chi connectivity index (χ3v) is 4.85. The minimum atomic E-state index is 0.599. The molecule has 1 aromatic rings. The van der Waals surface area contributed by atoms with Crippen molar-refractivity contribution in [2.75, 3.05) is 24.2 Å².